The predicted molar refractivity (Wildman–Crippen MR) is 44.0 cm³/mol. The van der Waals surface area contributed by atoms with Gasteiger partial charge in [0.15, 0.2) is 5.79 Å². The summed E-state index contributed by atoms with van der Waals surface area (Å²) in [6.45, 7) is 4.25. The molecule has 2 aliphatic heterocycles. The van der Waals surface area contributed by atoms with E-state index in [-0.39, 0.29) is 18.2 Å². The molecule has 0 bridgehead atoms. The summed E-state index contributed by atoms with van der Waals surface area (Å²) in [5.74, 6) is -0.655. The molecular formula is C9H14O4. The monoisotopic (exact) mass is 186 g/mol. The first-order valence-corrected chi connectivity index (χ1v) is 4.58. The average Bonchev–Trinajstić information content (AvgIpc) is 2.56. The van der Waals surface area contributed by atoms with E-state index in [4.69, 9.17) is 14.2 Å². The van der Waals surface area contributed by atoms with Gasteiger partial charge in [-0.1, -0.05) is 0 Å². The molecule has 2 fully saturated rings. The van der Waals surface area contributed by atoms with Crippen LogP contribution in [0.2, 0.25) is 0 Å². The van der Waals surface area contributed by atoms with Gasteiger partial charge in [0.05, 0.1) is 6.61 Å². The zero-order valence-electron chi connectivity index (χ0n) is 7.91. The third-order valence-corrected chi connectivity index (χ3v) is 2.36. The zero-order valence-corrected chi connectivity index (χ0v) is 7.91. The second-order valence-electron chi connectivity index (χ2n) is 3.93. The minimum Gasteiger partial charge on any atom is -0.459 e. The van der Waals surface area contributed by atoms with Gasteiger partial charge in [-0.3, -0.25) is 4.79 Å². The molecule has 0 N–H and O–H groups in total. The number of hydrogen-bond donors (Lipinski definition) is 0. The molecule has 4 heteroatoms. The van der Waals surface area contributed by atoms with Gasteiger partial charge in [-0.15, -0.1) is 0 Å². The molecule has 0 aromatic rings. The van der Waals surface area contributed by atoms with Crippen LogP contribution in [0.25, 0.3) is 0 Å². The highest BCUT2D eigenvalue weighted by Gasteiger charge is 2.41. The fraction of sp³-hybridized carbons (Fsp3) is 0.889. The Bertz CT molecular complexity index is 224. The van der Waals surface area contributed by atoms with E-state index in [1.54, 1.807) is 0 Å². The molecular weight excluding hydrogens is 172 g/mol. The maximum Gasteiger partial charge on any atom is 0.306 e. The number of ether oxygens (including phenoxy) is 3. The molecule has 2 rings (SSSR count). The minimum atomic E-state index is -0.528. The van der Waals surface area contributed by atoms with Crippen molar-refractivity contribution in [1.82, 2.24) is 0 Å². The van der Waals surface area contributed by atoms with E-state index in [0.717, 1.165) is 6.42 Å². The summed E-state index contributed by atoms with van der Waals surface area (Å²) in [6, 6.07) is 0. The van der Waals surface area contributed by atoms with Crippen LogP contribution in [0.1, 0.15) is 26.7 Å². The van der Waals surface area contributed by atoms with Crippen molar-refractivity contribution in [2.75, 3.05) is 6.61 Å². The lowest BCUT2D eigenvalue weighted by Gasteiger charge is -2.19. The third-order valence-electron chi connectivity index (χ3n) is 2.36. The standard InChI is InChI=1S/C9H14O4/c1-9(2)11-5-7(13-9)6-3-4-8(10)12-6/h6-7H,3-5H2,1-2H3/t6-,7-/m0/s1. The fourth-order valence-electron chi connectivity index (χ4n) is 1.71. The van der Waals surface area contributed by atoms with Gasteiger partial charge in [0, 0.05) is 6.42 Å². The first-order valence-electron chi connectivity index (χ1n) is 4.58. The Morgan fingerprint density at radius 3 is 2.62 bits per heavy atom. The SMILES string of the molecule is CC1(C)OC[C@@H]([C@@H]2CCC(=O)O2)O1. The minimum absolute atomic E-state index is 0.0820. The van der Waals surface area contributed by atoms with E-state index in [1.165, 1.54) is 0 Å². The normalized spacial score (nSPS) is 37.8. The maximum atomic E-state index is 10.9. The van der Waals surface area contributed by atoms with E-state index in [9.17, 15) is 4.79 Å². The van der Waals surface area contributed by atoms with Gasteiger partial charge in [0.2, 0.25) is 0 Å². The van der Waals surface area contributed by atoms with Gasteiger partial charge >= 0.3 is 5.97 Å². The van der Waals surface area contributed by atoms with Crippen LogP contribution in [-0.2, 0) is 19.0 Å². The Hall–Kier alpha value is -0.610. The molecule has 74 valence electrons. The highest BCUT2D eigenvalue weighted by Crippen LogP contribution is 2.29. The van der Waals surface area contributed by atoms with Crippen LogP contribution in [0, 0.1) is 0 Å². The summed E-state index contributed by atoms with van der Waals surface area (Å²) in [7, 11) is 0. The Kier molecular flexibility index (Phi) is 2.04. The number of rotatable bonds is 1. The van der Waals surface area contributed by atoms with E-state index >= 15 is 0 Å². The van der Waals surface area contributed by atoms with E-state index in [0.29, 0.717) is 13.0 Å². The first kappa shape index (κ1) is 8.97. The molecule has 2 atom stereocenters. The number of esters is 1. The summed E-state index contributed by atoms with van der Waals surface area (Å²) in [4.78, 5) is 10.9. The van der Waals surface area contributed by atoms with Crippen molar-refractivity contribution in [3.05, 3.63) is 0 Å². The van der Waals surface area contributed by atoms with Gasteiger partial charge < -0.3 is 14.2 Å². The Balaban J connectivity index is 1.93. The third kappa shape index (κ3) is 1.84. The first-order chi connectivity index (χ1) is 6.07. The molecule has 4 nitrogen and oxygen atoms in total. The molecule has 0 aromatic heterocycles. The number of carbonyl (C=O) groups excluding carboxylic acids is 1. The van der Waals surface area contributed by atoms with Crippen molar-refractivity contribution in [3.8, 4) is 0 Å². The lowest BCUT2D eigenvalue weighted by molar-refractivity contribution is -0.161. The molecule has 2 heterocycles. The fourth-order valence-corrected chi connectivity index (χ4v) is 1.71. The smallest absolute Gasteiger partial charge is 0.306 e. The summed E-state index contributed by atoms with van der Waals surface area (Å²) in [6.07, 6.45) is 1.07. The van der Waals surface area contributed by atoms with Gasteiger partial charge in [-0.25, -0.2) is 0 Å². The Morgan fingerprint density at radius 1 is 1.38 bits per heavy atom. The van der Waals surface area contributed by atoms with Crippen molar-refractivity contribution in [3.63, 3.8) is 0 Å². The molecule has 2 saturated heterocycles. The molecule has 0 unspecified atom stereocenters. The zero-order chi connectivity index (χ0) is 9.47. The molecule has 0 aliphatic carbocycles. The van der Waals surface area contributed by atoms with Crippen molar-refractivity contribution < 1.29 is 19.0 Å². The van der Waals surface area contributed by atoms with Crippen LogP contribution in [0.3, 0.4) is 0 Å². The summed E-state index contributed by atoms with van der Waals surface area (Å²) < 4.78 is 16.1. The lowest BCUT2D eigenvalue weighted by Crippen LogP contribution is -2.30. The van der Waals surface area contributed by atoms with Gasteiger partial charge in [-0.2, -0.15) is 0 Å². The largest absolute Gasteiger partial charge is 0.459 e. The van der Waals surface area contributed by atoms with Crippen LogP contribution < -0.4 is 0 Å². The van der Waals surface area contributed by atoms with Gasteiger partial charge in [0.1, 0.15) is 12.2 Å². The molecule has 2 aliphatic rings. The second-order valence-corrected chi connectivity index (χ2v) is 3.93. The van der Waals surface area contributed by atoms with Crippen LogP contribution in [0.15, 0.2) is 0 Å². The van der Waals surface area contributed by atoms with Crippen molar-refractivity contribution in [2.24, 2.45) is 0 Å². The topological polar surface area (TPSA) is 44.8 Å². The van der Waals surface area contributed by atoms with Crippen LogP contribution in [0.5, 0.6) is 0 Å². The quantitative estimate of drug-likeness (QED) is 0.569. The highest BCUT2D eigenvalue weighted by atomic mass is 16.8. The number of hydrogen-bond acceptors (Lipinski definition) is 4. The van der Waals surface area contributed by atoms with Crippen LogP contribution in [0.4, 0.5) is 0 Å². The molecule has 0 radical (unpaired) electrons. The van der Waals surface area contributed by atoms with E-state index in [2.05, 4.69) is 0 Å². The Labute approximate surface area is 77.1 Å². The van der Waals surface area contributed by atoms with Crippen molar-refractivity contribution in [1.29, 1.82) is 0 Å². The second kappa shape index (κ2) is 2.96. The molecule has 0 saturated carbocycles. The predicted octanol–water partition coefficient (Wildman–Crippen LogP) is 0.843. The average molecular weight is 186 g/mol. The maximum absolute atomic E-state index is 10.9. The summed E-state index contributed by atoms with van der Waals surface area (Å²) in [5.41, 5.74) is 0. The summed E-state index contributed by atoms with van der Waals surface area (Å²) >= 11 is 0. The molecule has 0 spiro atoms. The van der Waals surface area contributed by atoms with Gasteiger partial charge in [0.25, 0.3) is 0 Å². The molecule has 13 heavy (non-hydrogen) atoms. The summed E-state index contributed by atoms with van der Waals surface area (Å²) in [5, 5.41) is 0. The van der Waals surface area contributed by atoms with Crippen molar-refractivity contribution in [2.45, 2.75) is 44.7 Å². The van der Waals surface area contributed by atoms with E-state index < -0.39 is 5.79 Å². The lowest BCUT2D eigenvalue weighted by atomic mass is 10.1. The molecule has 0 aromatic carbocycles. The molecule has 0 amide bonds. The Morgan fingerprint density at radius 2 is 2.15 bits per heavy atom. The van der Waals surface area contributed by atoms with Crippen molar-refractivity contribution >= 4 is 5.97 Å². The number of cyclic esters (lactones) is 1. The van der Waals surface area contributed by atoms with Crippen LogP contribution >= 0.6 is 0 Å². The number of carbonyl (C=O) groups is 1. The van der Waals surface area contributed by atoms with Crippen LogP contribution in [-0.4, -0.2) is 30.6 Å². The van der Waals surface area contributed by atoms with E-state index in [1.807, 2.05) is 13.8 Å². The highest BCUT2D eigenvalue weighted by molar-refractivity contribution is 5.71. The van der Waals surface area contributed by atoms with Gasteiger partial charge in [-0.05, 0) is 20.3 Å².